The second kappa shape index (κ2) is 14.9. The van der Waals surface area contributed by atoms with E-state index < -0.39 is 0 Å². The van der Waals surface area contributed by atoms with Crippen LogP contribution in [0.15, 0.2) is 69.6 Å². The summed E-state index contributed by atoms with van der Waals surface area (Å²) in [5.41, 5.74) is 3.46. The van der Waals surface area contributed by atoms with Gasteiger partial charge in [0.25, 0.3) is 0 Å². The lowest BCUT2D eigenvalue weighted by Crippen LogP contribution is -1.98. The van der Waals surface area contributed by atoms with Crippen LogP contribution in [-0.2, 0) is 33.6 Å². The lowest BCUT2D eigenvalue weighted by atomic mass is 10.0. The molecule has 0 aromatic heterocycles. The lowest BCUT2D eigenvalue weighted by Gasteiger charge is -2.05. The molecule has 2 aromatic carbocycles. The highest BCUT2D eigenvalue weighted by molar-refractivity contribution is 5.34. The monoisotopic (exact) mass is 363 g/mol. The van der Waals surface area contributed by atoms with Gasteiger partial charge < -0.3 is 0 Å². The first-order valence-electron chi connectivity index (χ1n) is 8.53. The first kappa shape index (κ1) is 21.6. The molecule has 0 atom stereocenters. The van der Waals surface area contributed by atoms with E-state index in [1.165, 1.54) is 23.8 Å². The Bertz CT molecular complexity index is 777. The van der Waals surface area contributed by atoms with Gasteiger partial charge in [0.2, 0.25) is 18.2 Å². The van der Waals surface area contributed by atoms with Crippen LogP contribution in [0.3, 0.4) is 0 Å². The third-order valence-corrected chi connectivity index (χ3v) is 3.65. The summed E-state index contributed by atoms with van der Waals surface area (Å²) in [5, 5.41) is 0. The molecule has 0 aliphatic rings. The summed E-state index contributed by atoms with van der Waals surface area (Å²) in [6, 6.07) is 17.8. The zero-order chi connectivity index (χ0) is 19.6. The zero-order valence-electron chi connectivity index (χ0n) is 15.0. The topological polar surface area (TPSA) is 88.3 Å². The number of carbonyl (C=O) groups excluding carboxylic acids is 3. The summed E-state index contributed by atoms with van der Waals surface area (Å²) in [7, 11) is 0. The molecule has 0 unspecified atom stereocenters. The minimum absolute atomic E-state index is 0.442. The van der Waals surface area contributed by atoms with Crippen LogP contribution >= 0.6 is 0 Å². The summed E-state index contributed by atoms with van der Waals surface area (Å²) in [6.07, 6.45) is 6.77. The van der Waals surface area contributed by atoms with Crippen LogP contribution in [-0.4, -0.2) is 37.9 Å². The summed E-state index contributed by atoms with van der Waals surface area (Å²) in [4.78, 5) is 40.1. The fraction of sp³-hybridized carbons (Fsp3) is 0.286. The number of aliphatic imine (C=N–C) groups is 3. The average Bonchev–Trinajstić information content (AvgIpc) is 2.71. The predicted molar refractivity (Wildman–Crippen MR) is 103 cm³/mol. The molecule has 0 fully saturated rings. The number of isocyanates is 3. The van der Waals surface area contributed by atoms with E-state index in [1.807, 2.05) is 54.6 Å². The lowest BCUT2D eigenvalue weighted by molar-refractivity contribution is 0.562. The molecule has 0 radical (unpaired) electrons. The van der Waals surface area contributed by atoms with Crippen molar-refractivity contribution in [2.75, 3.05) is 19.6 Å². The van der Waals surface area contributed by atoms with Gasteiger partial charge in [0.05, 0.1) is 19.6 Å². The Balaban J connectivity index is 0.000000289. The highest BCUT2D eigenvalue weighted by Crippen LogP contribution is 2.10. The third kappa shape index (κ3) is 10.2. The Morgan fingerprint density at radius 3 is 1.41 bits per heavy atom. The quantitative estimate of drug-likeness (QED) is 0.507. The SMILES string of the molecule is O=C=NCCc1ccccc1.O=C=NCCc1ccccc1CCN=C=O. The van der Waals surface area contributed by atoms with Crippen LogP contribution in [0.1, 0.15) is 16.7 Å². The van der Waals surface area contributed by atoms with E-state index in [9.17, 15) is 14.4 Å². The highest BCUT2D eigenvalue weighted by atomic mass is 16.1. The molecule has 2 rings (SSSR count). The molecule has 0 amide bonds. The molecule has 0 aliphatic carbocycles. The van der Waals surface area contributed by atoms with Gasteiger partial charge in [-0.05, 0) is 36.0 Å². The number of hydrogen-bond acceptors (Lipinski definition) is 6. The third-order valence-electron chi connectivity index (χ3n) is 3.65. The molecule has 0 saturated heterocycles. The van der Waals surface area contributed by atoms with Crippen molar-refractivity contribution in [3.8, 4) is 0 Å². The van der Waals surface area contributed by atoms with Crippen molar-refractivity contribution in [2.45, 2.75) is 19.3 Å². The summed E-state index contributed by atoms with van der Waals surface area (Å²) < 4.78 is 0. The van der Waals surface area contributed by atoms with Crippen molar-refractivity contribution in [3.63, 3.8) is 0 Å². The maximum absolute atomic E-state index is 9.94. The maximum Gasteiger partial charge on any atom is 0.234 e. The number of rotatable bonds is 9. The molecular formula is C21H21N3O3. The minimum atomic E-state index is 0.442. The average molecular weight is 363 g/mol. The number of hydrogen-bond donors (Lipinski definition) is 0. The van der Waals surface area contributed by atoms with Crippen LogP contribution in [0.5, 0.6) is 0 Å². The molecule has 138 valence electrons. The standard InChI is InChI=1S/C12H12N2O2.C9H9NO/c15-9-13-7-5-11-3-1-2-4-12(11)6-8-14-10-16;11-8-10-7-6-9-4-2-1-3-5-9/h1-4H,5-8H2;1-5H,6-7H2. The van der Waals surface area contributed by atoms with Gasteiger partial charge in [0.1, 0.15) is 0 Å². The Labute approximate surface area is 158 Å². The van der Waals surface area contributed by atoms with Gasteiger partial charge in [-0.3, -0.25) is 0 Å². The maximum atomic E-state index is 9.94. The molecule has 0 saturated carbocycles. The fourth-order valence-electron chi connectivity index (χ4n) is 2.36. The Morgan fingerprint density at radius 1 is 0.556 bits per heavy atom. The van der Waals surface area contributed by atoms with Crippen molar-refractivity contribution >= 4 is 18.2 Å². The second-order valence-electron chi connectivity index (χ2n) is 5.42. The van der Waals surface area contributed by atoms with Crippen molar-refractivity contribution in [1.29, 1.82) is 0 Å². The molecular weight excluding hydrogens is 342 g/mol. The van der Waals surface area contributed by atoms with Gasteiger partial charge in [-0.15, -0.1) is 0 Å². The van der Waals surface area contributed by atoms with Crippen LogP contribution < -0.4 is 0 Å². The largest absolute Gasteiger partial charge is 0.234 e. The van der Waals surface area contributed by atoms with Crippen LogP contribution in [0.2, 0.25) is 0 Å². The summed E-state index contributed by atoms with van der Waals surface area (Å²) in [6.45, 7) is 1.42. The van der Waals surface area contributed by atoms with E-state index in [0.29, 0.717) is 32.5 Å². The highest BCUT2D eigenvalue weighted by Gasteiger charge is 2.00. The van der Waals surface area contributed by atoms with Gasteiger partial charge in [0.15, 0.2) is 0 Å². The van der Waals surface area contributed by atoms with Gasteiger partial charge in [0, 0.05) is 0 Å². The second-order valence-corrected chi connectivity index (χ2v) is 5.42. The van der Waals surface area contributed by atoms with Crippen molar-refractivity contribution in [2.24, 2.45) is 15.0 Å². The van der Waals surface area contributed by atoms with E-state index in [-0.39, 0.29) is 0 Å². The van der Waals surface area contributed by atoms with Crippen LogP contribution in [0.4, 0.5) is 0 Å². The Hall–Kier alpha value is -3.42. The van der Waals surface area contributed by atoms with E-state index in [2.05, 4.69) is 15.0 Å². The van der Waals surface area contributed by atoms with Gasteiger partial charge in [-0.25, -0.2) is 29.4 Å². The van der Waals surface area contributed by atoms with Crippen molar-refractivity contribution in [1.82, 2.24) is 0 Å². The summed E-state index contributed by atoms with van der Waals surface area (Å²) in [5.74, 6) is 0. The Morgan fingerprint density at radius 2 is 0.963 bits per heavy atom. The zero-order valence-corrected chi connectivity index (χ0v) is 15.0. The van der Waals surface area contributed by atoms with E-state index in [1.54, 1.807) is 0 Å². The Kier molecular flexibility index (Phi) is 11.9. The normalized spacial score (nSPS) is 8.89. The first-order valence-corrected chi connectivity index (χ1v) is 8.53. The van der Waals surface area contributed by atoms with Crippen LogP contribution in [0.25, 0.3) is 0 Å². The van der Waals surface area contributed by atoms with E-state index in [4.69, 9.17) is 0 Å². The molecule has 0 spiro atoms. The molecule has 6 nitrogen and oxygen atoms in total. The van der Waals surface area contributed by atoms with Crippen LogP contribution in [0, 0.1) is 0 Å². The smallest absolute Gasteiger partial charge is 0.211 e. The molecule has 2 aromatic rings. The van der Waals surface area contributed by atoms with Gasteiger partial charge >= 0.3 is 0 Å². The summed E-state index contributed by atoms with van der Waals surface area (Å²) >= 11 is 0. The molecule has 0 aliphatic heterocycles. The van der Waals surface area contributed by atoms with Gasteiger partial charge in [-0.2, -0.15) is 0 Å². The molecule has 6 heteroatoms. The van der Waals surface area contributed by atoms with Crippen molar-refractivity contribution < 1.29 is 14.4 Å². The van der Waals surface area contributed by atoms with Gasteiger partial charge in [-0.1, -0.05) is 54.6 Å². The predicted octanol–water partition coefficient (Wildman–Crippen LogP) is 3.01. The number of nitrogens with zero attached hydrogens (tertiary/aromatic N) is 3. The molecule has 0 heterocycles. The van der Waals surface area contributed by atoms with E-state index >= 15 is 0 Å². The molecule has 0 N–H and O–H groups in total. The molecule has 27 heavy (non-hydrogen) atoms. The van der Waals surface area contributed by atoms with E-state index in [0.717, 1.165) is 17.5 Å². The molecule has 0 bridgehead atoms. The fourth-order valence-corrected chi connectivity index (χ4v) is 2.36. The van der Waals surface area contributed by atoms with Crippen molar-refractivity contribution in [3.05, 3.63) is 71.3 Å². The number of benzene rings is 2. The first-order chi connectivity index (χ1) is 13.3. The minimum Gasteiger partial charge on any atom is -0.211 e.